The van der Waals surface area contributed by atoms with Crippen LogP contribution in [0.15, 0.2) is 0 Å². The quantitative estimate of drug-likeness (QED) is 0.427. The van der Waals surface area contributed by atoms with Crippen LogP contribution in [0.4, 0.5) is 0 Å². The predicted molar refractivity (Wildman–Crippen MR) is 29.5 cm³/mol. The molecule has 0 spiro atoms. The number of ether oxygens (including phenoxy) is 1. The maximum atomic E-state index is 5.38. The van der Waals surface area contributed by atoms with Crippen LogP contribution < -0.4 is 0 Å². The number of fused-ring (bicyclic) bond motifs is 2. The molecule has 0 amide bonds. The maximum Gasteiger partial charge on any atom is 0.0844 e. The SMILES string of the molecule is C1[C@@H]2C[C@@H]3O[C@@H]3C[C@H]12. The Morgan fingerprint density at radius 1 is 0.875 bits per heavy atom. The normalized spacial score (nSPS) is 66.0. The van der Waals surface area contributed by atoms with Gasteiger partial charge in [0.25, 0.3) is 0 Å². The lowest BCUT2D eigenvalue weighted by Crippen LogP contribution is -2.03. The Morgan fingerprint density at radius 3 is 2.12 bits per heavy atom. The summed E-state index contributed by atoms with van der Waals surface area (Å²) < 4.78 is 5.38. The van der Waals surface area contributed by atoms with Gasteiger partial charge in [0.15, 0.2) is 0 Å². The van der Waals surface area contributed by atoms with Crippen LogP contribution in [0, 0.1) is 11.8 Å². The lowest BCUT2D eigenvalue weighted by Gasteiger charge is -1.99. The molecule has 0 bridgehead atoms. The standard InChI is InChI=1S/C7H10O/c1-4-2-6-7(8-6)3-5(1)4/h4-7H,1-3H2/t4-,5+,6+,7-. The molecule has 2 aliphatic carbocycles. The van der Waals surface area contributed by atoms with Gasteiger partial charge in [-0.15, -0.1) is 0 Å². The topological polar surface area (TPSA) is 12.5 Å². The van der Waals surface area contributed by atoms with Crippen molar-refractivity contribution in [3.63, 3.8) is 0 Å². The van der Waals surface area contributed by atoms with Gasteiger partial charge in [0, 0.05) is 0 Å². The van der Waals surface area contributed by atoms with Crippen molar-refractivity contribution in [3.8, 4) is 0 Å². The highest BCUT2D eigenvalue weighted by molar-refractivity contribution is 5.03. The molecule has 0 aromatic heterocycles. The van der Waals surface area contributed by atoms with Gasteiger partial charge in [-0.1, -0.05) is 0 Å². The highest BCUT2D eigenvalue weighted by atomic mass is 16.6. The van der Waals surface area contributed by atoms with Crippen molar-refractivity contribution in [2.75, 3.05) is 0 Å². The Morgan fingerprint density at radius 2 is 1.50 bits per heavy atom. The second kappa shape index (κ2) is 0.971. The molecule has 1 heterocycles. The van der Waals surface area contributed by atoms with Gasteiger partial charge >= 0.3 is 0 Å². The summed E-state index contributed by atoms with van der Waals surface area (Å²) in [5, 5.41) is 0. The van der Waals surface area contributed by atoms with Crippen LogP contribution in [-0.4, -0.2) is 12.2 Å². The molecule has 44 valence electrons. The van der Waals surface area contributed by atoms with E-state index in [1.54, 1.807) is 0 Å². The third-order valence-electron chi connectivity index (χ3n) is 2.83. The third-order valence-corrected chi connectivity index (χ3v) is 2.83. The van der Waals surface area contributed by atoms with Crippen LogP contribution in [0.2, 0.25) is 0 Å². The van der Waals surface area contributed by atoms with Gasteiger partial charge in [-0.05, 0) is 31.1 Å². The fourth-order valence-electron chi connectivity index (χ4n) is 2.08. The van der Waals surface area contributed by atoms with Gasteiger partial charge in [0.2, 0.25) is 0 Å². The molecule has 4 atom stereocenters. The first kappa shape index (κ1) is 3.89. The minimum atomic E-state index is 0.721. The van der Waals surface area contributed by atoms with Gasteiger partial charge in [-0.3, -0.25) is 0 Å². The van der Waals surface area contributed by atoms with Crippen molar-refractivity contribution in [2.24, 2.45) is 11.8 Å². The van der Waals surface area contributed by atoms with Crippen LogP contribution >= 0.6 is 0 Å². The van der Waals surface area contributed by atoms with Gasteiger partial charge < -0.3 is 4.74 Å². The lowest BCUT2D eigenvalue weighted by molar-refractivity contribution is 0.363. The fraction of sp³-hybridized carbons (Fsp3) is 1.00. The van der Waals surface area contributed by atoms with Crippen molar-refractivity contribution >= 4 is 0 Å². The summed E-state index contributed by atoms with van der Waals surface area (Å²) in [4.78, 5) is 0. The van der Waals surface area contributed by atoms with E-state index < -0.39 is 0 Å². The van der Waals surface area contributed by atoms with Crippen LogP contribution in [0.5, 0.6) is 0 Å². The Balaban J connectivity index is 1.85. The summed E-state index contributed by atoms with van der Waals surface area (Å²) >= 11 is 0. The van der Waals surface area contributed by atoms with Crippen LogP contribution in [0.3, 0.4) is 0 Å². The minimum Gasteiger partial charge on any atom is -0.370 e. The Kier molecular flexibility index (Phi) is 0.472. The summed E-state index contributed by atoms with van der Waals surface area (Å²) in [6, 6.07) is 0. The molecule has 3 rings (SSSR count). The van der Waals surface area contributed by atoms with E-state index in [2.05, 4.69) is 0 Å². The number of hydrogen-bond donors (Lipinski definition) is 0. The van der Waals surface area contributed by atoms with E-state index in [1.165, 1.54) is 19.3 Å². The molecule has 1 saturated heterocycles. The number of rotatable bonds is 0. The molecular weight excluding hydrogens is 100 g/mol. The van der Waals surface area contributed by atoms with E-state index in [0.717, 1.165) is 24.0 Å². The largest absolute Gasteiger partial charge is 0.370 e. The van der Waals surface area contributed by atoms with E-state index in [-0.39, 0.29) is 0 Å². The molecule has 8 heavy (non-hydrogen) atoms. The summed E-state index contributed by atoms with van der Waals surface area (Å²) in [6.07, 6.45) is 5.76. The molecular formula is C7H10O. The van der Waals surface area contributed by atoms with Crippen LogP contribution in [0.1, 0.15) is 19.3 Å². The van der Waals surface area contributed by atoms with E-state index in [4.69, 9.17) is 4.74 Å². The molecule has 1 heteroatoms. The van der Waals surface area contributed by atoms with Crippen LogP contribution in [-0.2, 0) is 4.74 Å². The third kappa shape index (κ3) is 0.368. The van der Waals surface area contributed by atoms with Crippen molar-refractivity contribution in [1.82, 2.24) is 0 Å². The first-order chi connectivity index (χ1) is 3.93. The molecule has 2 saturated carbocycles. The molecule has 3 aliphatic rings. The Hall–Kier alpha value is -0.0400. The first-order valence-electron chi connectivity index (χ1n) is 3.59. The minimum absolute atomic E-state index is 0.721. The van der Waals surface area contributed by atoms with E-state index in [0.29, 0.717) is 0 Å². The lowest BCUT2D eigenvalue weighted by atomic mass is 10.0. The Bertz CT molecular complexity index is 104. The van der Waals surface area contributed by atoms with E-state index in [9.17, 15) is 0 Å². The molecule has 0 unspecified atom stereocenters. The maximum absolute atomic E-state index is 5.38. The highest BCUT2D eigenvalue weighted by Crippen LogP contribution is 2.55. The highest BCUT2D eigenvalue weighted by Gasteiger charge is 2.54. The van der Waals surface area contributed by atoms with E-state index in [1.807, 2.05) is 0 Å². The summed E-state index contributed by atoms with van der Waals surface area (Å²) in [5.74, 6) is 2.19. The van der Waals surface area contributed by atoms with Gasteiger partial charge in [0.05, 0.1) is 12.2 Å². The van der Waals surface area contributed by atoms with Crippen LogP contribution in [0.25, 0.3) is 0 Å². The summed E-state index contributed by atoms with van der Waals surface area (Å²) in [5.41, 5.74) is 0. The van der Waals surface area contributed by atoms with Gasteiger partial charge in [-0.2, -0.15) is 0 Å². The van der Waals surface area contributed by atoms with Gasteiger partial charge in [0.1, 0.15) is 0 Å². The molecule has 1 aliphatic heterocycles. The average Bonchev–Trinajstić information content (AvgIpc) is 2.45. The van der Waals surface area contributed by atoms with E-state index >= 15 is 0 Å². The van der Waals surface area contributed by atoms with Crippen molar-refractivity contribution < 1.29 is 4.74 Å². The molecule has 0 aromatic carbocycles. The zero-order valence-electron chi connectivity index (χ0n) is 4.84. The molecule has 0 radical (unpaired) electrons. The number of hydrogen-bond acceptors (Lipinski definition) is 1. The molecule has 3 fully saturated rings. The molecule has 1 nitrogen and oxygen atoms in total. The first-order valence-corrected chi connectivity index (χ1v) is 3.59. The fourth-order valence-corrected chi connectivity index (χ4v) is 2.08. The van der Waals surface area contributed by atoms with Gasteiger partial charge in [-0.25, -0.2) is 0 Å². The van der Waals surface area contributed by atoms with Crippen molar-refractivity contribution in [2.45, 2.75) is 31.5 Å². The monoisotopic (exact) mass is 110 g/mol. The zero-order valence-corrected chi connectivity index (χ0v) is 4.84. The Labute approximate surface area is 49.0 Å². The second-order valence-corrected chi connectivity index (χ2v) is 3.44. The molecule has 0 N–H and O–H groups in total. The zero-order chi connectivity index (χ0) is 5.14. The second-order valence-electron chi connectivity index (χ2n) is 3.44. The smallest absolute Gasteiger partial charge is 0.0844 e. The average molecular weight is 110 g/mol. The molecule has 0 aromatic rings. The summed E-state index contributed by atoms with van der Waals surface area (Å²) in [7, 11) is 0. The van der Waals surface area contributed by atoms with Crippen molar-refractivity contribution in [3.05, 3.63) is 0 Å². The summed E-state index contributed by atoms with van der Waals surface area (Å²) in [6.45, 7) is 0. The number of epoxide rings is 1. The van der Waals surface area contributed by atoms with Crippen molar-refractivity contribution in [1.29, 1.82) is 0 Å². The predicted octanol–water partition coefficient (Wildman–Crippen LogP) is 1.18.